The van der Waals surface area contributed by atoms with Crippen molar-refractivity contribution in [3.63, 3.8) is 0 Å². The van der Waals surface area contributed by atoms with Gasteiger partial charge in [0.15, 0.2) is 17.7 Å². The Bertz CT molecular complexity index is 1530. The molecule has 2 atom stereocenters. The lowest BCUT2D eigenvalue weighted by Gasteiger charge is -2.28. The average Bonchev–Trinajstić information content (AvgIpc) is 3.28. The highest BCUT2D eigenvalue weighted by molar-refractivity contribution is 5.95. The molecule has 2 aromatic carbocycles. The third-order valence-electron chi connectivity index (χ3n) is 7.17. The number of benzene rings is 2. The summed E-state index contributed by atoms with van der Waals surface area (Å²) in [7, 11) is 1.28. The van der Waals surface area contributed by atoms with Crippen LogP contribution in [0.15, 0.2) is 64.9 Å². The number of nitrogens with zero attached hydrogens (tertiary/aromatic N) is 2. The highest BCUT2D eigenvalue weighted by Crippen LogP contribution is 2.35. The zero-order valence-corrected chi connectivity index (χ0v) is 25.4. The lowest BCUT2D eigenvalue weighted by atomic mass is 9.95. The van der Waals surface area contributed by atoms with Crippen molar-refractivity contribution in [2.75, 3.05) is 20.3 Å². The van der Waals surface area contributed by atoms with Crippen LogP contribution >= 0.6 is 0 Å². The Hall–Kier alpha value is -4.77. The third kappa shape index (κ3) is 7.18. The number of ether oxygens (including phenoxy) is 3. The number of amides is 2. The molecule has 0 aliphatic carbocycles. The Labute approximate surface area is 251 Å². The number of aliphatic hydroxyl groups is 1. The van der Waals surface area contributed by atoms with Gasteiger partial charge in [0.1, 0.15) is 6.61 Å². The van der Waals surface area contributed by atoms with Gasteiger partial charge in [-0.15, -0.1) is 0 Å². The van der Waals surface area contributed by atoms with Crippen molar-refractivity contribution >= 4 is 18.2 Å². The van der Waals surface area contributed by atoms with Gasteiger partial charge in [0.2, 0.25) is 0 Å². The minimum Gasteiger partial charge on any atom is -0.490 e. The van der Waals surface area contributed by atoms with Crippen LogP contribution in [0.1, 0.15) is 54.9 Å². The van der Waals surface area contributed by atoms with Gasteiger partial charge in [-0.3, -0.25) is 5.43 Å². The molecular weight excluding hydrogens is 550 g/mol. The second-order valence-electron chi connectivity index (χ2n) is 10.1. The van der Waals surface area contributed by atoms with Crippen LogP contribution in [0.2, 0.25) is 0 Å². The third-order valence-corrected chi connectivity index (χ3v) is 7.17. The number of hydrazone groups is 1. The largest absolute Gasteiger partial charge is 0.490 e. The first-order valence-electron chi connectivity index (χ1n) is 14.2. The maximum Gasteiger partial charge on any atom is 0.337 e. The standard InChI is InChI=1S/C32H39N5O6/c1-7-22-9-12-25(13-10-22)37-19(3)15-24(21(37)5)17-33-36-28(38)18-43-26-14-11-23(16-27(26)42-8-2)30-29(31(39)41-6)20(4)34-32(40)35-30/h9-17,28,30,36,38H,7-8,18H2,1-6H3,(H2,34,35,40)/b33-17-/t28-,30-/m1/s1. The Morgan fingerprint density at radius 1 is 1.09 bits per heavy atom. The fraction of sp³-hybridized carbons (Fsp3) is 0.344. The zero-order valence-electron chi connectivity index (χ0n) is 25.4. The van der Waals surface area contributed by atoms with Crippen LogP contribution in [0, 0.1) is 13.8 Å². The van der Waals surface area contributed by atoms with Gasteiger partial charge in [-0.2, -0.15) is 5.10 Å². The van der Waals surface area contributed by atoms with E-state index in [1.165, 1.54) is 12.7 Å². The van der Waals surface area contributed by atoms with Gasteiger partial charge in [0.05, 0.1) is 31.5 Å². The first-order chi connectivity index (χ1) is 20.7. The van der Waals surface area contributed by atoms with Crippen LogP contribution < -0.4 is 25.5 Å². The molecule has 1 aliphatic heterocycles. The molecule has 4 N–H and O–H groups in total. The lowest BCUT2D eigenvalue weighted by Crippen LogP contribution is -2.45. The molecule has 0 saturated carbocycles. The molecule has 2 amide bonds. The molecule has 4 rings (SSSR count). The van der Waals surface area contributed by atoms with Crippen molar-refractivity contribution in [3.8, 4) is 17.2 Å². The number of esters is 1. The van der Waals surface area contributed by atoms with E-state index in [0.717, 1.165) is 29.1 Å². The molecule has 43 heavy (non-hydrogen) atoms. The van der Waals surface area contributed by atoms with Gasteiger partial charge in [-0.05, 0) is 75.6 Å². The second kappa shape index (κ2) is 13.9. The van der Waals surface area contributed by atoms with Gasteiger partial charge in [-0.1, -0.05) is 25.1 Å². The van der Waals surface area contributed by atoms with Crippen molar-refractivity contribution in [1.29, 1.82) is 0 Å². The summed E-state index contributed by atoms with van der Waals surface area (Å²) in [5, 5.41) is 20.1. The van der Waals surface area contributed by atoms with E-state index in [9.17, 15) is 14.7 Å². The van der Waals surface area contributed by atoms with E-state index in [1.54, 1.807) is 31.3 Å². The average molecular weight is 590 g/mol. The molecule has 0 saturated heterocycles. The summed E-state index contributed by atoms with van der Waals surface area (Å²) >= 11 is 0. The van der Waals surface area contributed by atoms with Gasteiger partial charge < -0.3 is 34.5 Å². The van der Waals surface area contributed by atoms with Gasteiger partial charge in [0, 0.05) is 28.3 Å². The minimum atomic E-state index is -1.10. The fourth-order valence-electron chi connectivity index (χ4n) is 5.01. The number of aryl methyl sites for hydroxylation is 2. The van der Waals surface area contributed by atoms with Crippen molar-refractivity contribution < 1.29 is 28.9 Å². The first-order valence-corrected chi connectivity index (χ1v) is 14.2. The van der Waals surface area contributed by atoms with E-state index in [4.69, 9.17) is 14.2 Å². The quantitative estimate of drug-likeness (QED) is 0.108. The molecule has 0 spiro atoms. The second-order valence-corrected chi connectivity index (χ2v) is 10.1. The van der Waals surface area contributed by atoms with Crippen molar-refractivity contribution in [2.45, 2.75) is 53.3 Å². The van der Waals surface area contributed by atoms with Crippen molar-refractivity contribution in [2.24, 2.45) is 5.10 Å². The SMILES string of the molecule is CCOc1cc([C@H]2NC(=O)NC(C)=C2C(=O)OC)ccc1OC[C@@H](O)N/N=C\c1cc(C)n(-c2ccc(CC)cc2)c1C. The van der Waals surface area contributed by atoms with E-state index < -0.39 is 24.3 Å². The first kappa shape index (κ1) is 31.2. The maximum atomic E-state index is 12.4. The van der Waals surface area contributed by atoms with E-state index in [2.05, 4.69) is 56.9 Å². The van der Waals surface area contributed by atoms with E-state index in [1.807, 2.05) is 26.8 Å². The van der Waals surface area contributed by atoms with Crippen LogP contribution in [0.3, 0.4) is 0 Å². The fourth-order valence-corrected chi connectivity index (χ4v) is 5.01. The topological polar surface area (TPSA) is 135 Å². The molecule has 0 bridgehead atoms. The number of aromatic nitrogens is 1. The summed E-state index contributed by atoms with van der Waals surface area (Å²) < 4.78 is 18.7. The molecule has 3 aromatic rings. The van der Waals surface area contributed by atoms with Crippen molar-refractivity contribution in [3.05, 3.63) is 87.9 Å². The molecule has 11 heteroatoms. The number of hydrogen-bond donors (Lipinski definition) is 4. The maximum absolute atomic E-state index is 12.4. The summed E-state index contributed by atoms with van der Waals surface area (Å²) in [6.45, 7) is 9.91. The number of allylic oxidation sites excluding steroid dienone is 1. The number of aliphatic hydroxyl groups excluding tert-OH is 1. The molecule has 228 valence electrons. The summed E-state index contributed by atoms with van der Waals surface area (Å²) in [6, 6.07) is 14.4. The molecule has 0 radical (unpaired) electrons. The Balaban J connectivity index is 1.42. The predicted octanol–water partition coefficient (Wildman–Crippen LogP) is 4.18. The summed E-state index contributed by atoms with van der Waals surface area (Å²) in [5.41, 5.74) is 9.39. The lowest BCUT2D eigenvalue weighted by molar-refractivity contribution is -0.136. The van der Waals surface area contributed by atoms with Crippen LogP contribution in [0.25, 0.3) is 5.69 Å². The van der Waals surface area contributed by atoms with E-state index >= 15 is 0 Å². The van der Waals surface area contributed by atoms with Crippen LogP contribution in [-0.2, 0) is 16.0 Å². The molecule has 0 fully saturated rings. The normalized spacial score (nSPS) is 15.6. The van der Waals surface area contributed by atoms with Gasteiger partial charge in [0.25, 0.3) is 0 Å². The number of rotatable bonds is 12. The Kier molecular flexibility index (Phi) is 10.1. The molecule has 0 unspecified atom stereocenters. The summed E-state index contributed by atoms with van der Waals surface area (Å²) in [6.07, 6.45) is 1.56. The highest BCUT2D eigenvalue weighted by atomic mass is 16.5. The number of nitrogens with one attached hydrogen (secondary N) is 3. The zero-order chi connectivity index (χ0) is 31.1. The molecular formula is C32H39N5O6. The highest BCUT2D eigenvalue weighted by Gasteiger charge is 2.32. The van der Waals surface area contributed by atoms with Crippen LogP contribution in [-0.4, -0.2) is 54.4 Å². The number of hydrogen-bond acceptors (Lipinski definition) is 8. The van der Waals surface area contributed by atoms with E-state index in [0.29, 0.717) is 29.4 Å². The van der Waals surface area contributed by atoms with Crippen molar-refractivity contribution in [1.82, 2.24) is 20.6 Å². The molecule has 11 nitrogen and oxygen atoms in total. The smallest absolute Gasteiger partial charge is 0.337 e. The minimum absolute atomic E-state index is 0.115. The number of methoxy groups -OCH3 is 1. The summed E-state index contributed by atoms with van der Waals surface area (Å²) in [5.74, 6) is 0.217. The van der Waals surface area contributed by atoms with Gasteiger partial charge in [-0.25, -0.2) is 9.59 Å². The Morgan fingerprint density at radius 2 is 1.84 bits per heavy atom. The predicted molar refractivity (Wildman–Crippen MR) is 164 cm³/mol. The van der Waals surface area contributed by atoms with E-state index in [-0.39, 0.29) is 12.2 Å². The molecule has 1 aliphatic rings. The molecule has 2 heterocycles. The Morgan fingerprint density at radius 3 is 2.51 bits per heavy atom. The van der Waals surface area contributed by atoms with Crippen LogP contribution in [0.5, 0.6) is 11.5 Å². The van der Waals surface area contributed by atoms with Gasteiger partial charge >= 0.3 is 12.0 Å². The molecule has 1 aromatic heterocycles. The monoisotopic (exact) mass is 589 g/mol. The number of carbonyl (C=O) groups excluding carboxylic acids is 2. The number of carbonyl (C=O) groups is 2. The van der Waals surface area contributed by atoms with Crippen LogP contribution in [0.4, 0.5) is 4.79 Å². The summed E-state index contributed by atoms with van der Waals surface area (Å²) in [4.78, 5) is 24.6. The number of urea groups is 1.